The van der Waals surface area contributed by atoms with Crippen LogP contribution >= 0.6 is 0 Å². The van der Waals surface area contributed by atoms with Gasteiger partial charge in [-0.2, -0.15) is 0 Å². The van der Waals surface area contributed by atoms with E-state index < -0.39 is 0 Å². The Morgan fingerprint density at radius 3 is 2.52 bits per heavy atom. The molecule has 1 N–H and O–H groups in total. The molecule has 0 aliphatic carbocycles. The maximum absolute atomic E-state index is 12.7. The molecule has 3 atom stereocenters. The lowest BCUT2D eigenvalue weighted by Gasteiger charge is -2.44. The highest BCUT2D eigenvalue weighted by molar-refractivity contribution is 5.96. The molecule has 120 valence electrons. The molecule has 0 aromatic carbocycles. The summed E-state index contributed by atoms with van der Waals surface area (Å²) in [4.78, 5) is 31.1. The second kappa shape index (κ2) is 6.32. The first-order chi connectivity index (χ1) is 9.81. The van der Waals surface area contributed by atoms with Gasteiger partial charge in [-0.1, -0.05) is 13.8 Å². The molecule has 2 amide bonds. The van der Waals surface area contributed by atoms with Crippen molar-refractivity contribution in [1.82, 2.24) is 20.0 Å². The summed E-state index contributed by atoms with van der Waals surface area (Å²) in [5, 5.41) is 2.85. The van der Waals surface area contributed by atoms with Gasteiger partial charge in [0.1, 0.15) is 12.1 Å². The molecule has 2 saturated heterocycles. The Hall–Kier alpha value is -1.14. The van der Waals surface area contributed by atoms with Crippen molar-refractivity contribution in [3.8, 4) is 0 Å². The highest BCUT2D eigenvalue weighted by atomic mass is 16.2. The molecule has 0 spiro atoms. The van der Waals surface area contributed by atoms with Crippen molar-refractivity contribution in [3.63, 3.8) is 0 Å². The number of rotatable bonds is 3. The maximum Gasteiger partial charge on any atom is 0.246 e. The smallest absolute Gasteiger partial charge is 0.246 e. The third-order valence-electron chi connectivity index (χ3n) is 4.75. The van der Waals surface area contributed by atoms with Crippen molar-refractivity contribution in [2.45, 2.75) is 38.9 Å². The first kappa shape index (κ1) is 16.2. The molecule has 2 heterocycles. The Kier molecular flexibility index (Phi) is 4.88. The zero-order valence-corrected chi connectivity index (χ0v) is 13.8. The fourth-order valence-electron chi connectivity index (χ4n) is 3.07. The molecule has 0 aromatic rings. The number of piperazine rings is 2. The Bertz CT molecular complexity index is 412. The van der Waals surface area contributed by atoms with E-state index in [1.165, 1.54) is 0 Å². The van der Waals surface area contributed by atoms with Gasteiger partial charge in [0.25, 0.3) is 0 Å². The van der Waals surface area contributed by atoms with Gasteiger partial charge in [-0.05, 0) is 26.9 Å². The van der Waals surface area contributed by atoms with Gasteiger partial charge in [0.05, 0.1) is 0 Å². The number of carbonyl (C=O) groups is 2. The largest absolute Gasteiger partial charge is 0.342 e. The highest BCUT2D eigenvalue weighted by Crippen LogP contribution is 2.18. The summed E-state index contributed by atoms with van der Waals surface area (Å²) < 4.78 is 0. The summed E-state index contributed by atoms with van der Waals surface area (Å²) in [5.74, 6) is 0.127. The van der Waals surface area contributed by atoms with E-state index in [1.54, 1.807) is 4.90 Å². The number of nitrogens with one attached hydrogen (secondary N) is 1. The van der Waals surface area contributed by atoms with E-state index in [0.29, 0.717) is 6.54 Å². The number of likely N-dealkylation sites (N-methyl/N-ethyl adjacent to an activating group) is 2. The van der Waals surface area contributed by atoms with E-state index in [4.69, 9.17) is 0 Å². The molecule has 2 aliphatic rings. The highest BCUT2D eigenvalue weighted by Gasteiger charge is 2.41. The minimum atomic E-state index is -0.389. The zero-order valence-electron chi connectivity index (χ0n) is 13.8. The molecule has 2 rings (SSSR count). The van der Waals surface area contributed by atoms with Gasteiger partial charge < -0.3 is 15.1 Å². The summed E-state index contributed by atoms with van der Waals surface area (Å²) in [6.45, 7) is 9.35. The van der Waals surface area contributed by atoms with Gasteiger partial charge in [0, 0.05) is 32.2 Å². The Morgan fingerprint density at radius 2 is 1.90 bits per heavy atom. The minimum absolute atomic E-state index is 0.0416. The number of hydrogen-bond acceptors (Lipinski definition) is 4. The number of amides is 2. The Labute approximate surface area is 127 Å². The van der Waals surface area contributed by atoms with Crippen LogP contribution in [0.1, 0.15) is 20.8 Å². The van der Waals surface area contributed by atoms with Crippen LogP contribution in [-0.2, 0) is 9.59 Å². The van der Waals surface area contributed by atoms with Gasteiger partial charge in [-0.15, -0.1) is 0 Å². The van der Waals surface area contributed by atoms with Crippen molar-refractivity contribution in [2.75, 3.05) is 40.3 Å². The van der Waals surface area contributed by atoms with Crippen molar-refractivity contribution in [3.05, 3.63) is 0 Å². The molecule has 6 nitrogen and oxygen atoms in total. The number of nitrogens with zero attached hydrogens (tertiary/aromatic N) is 3. The first-order valence-corrected chi connectivity index (χ1v) is 7.81. The van der Waals surface area contributed by atoms with Gasteiger partial charge in [-0.3, -0.25) is 14.5 Å². The molecule has 0 saturated carbocycles. The summed E-state index contributed by atoms with van der Waals surface area (Å²) >= 11 is 0. The zero-order chi connectivity index (χ0) is 15.7. The lowest BCUT2D eigenvalue weighted by atomic mass is 9.97. The van der Waals surface area contributed by atoms with Gasteiger partial charge >= 0.3 is 0 Å². The monoisotopic (exact) mass is 296 g/mol. The van der Waals surface area contributed by atoms with Crippen LogP contribution in [0.5, 0.6) is 0 Å². The SMILES string of the molecule is CC(C)C1NC(=O)C(C)N(CC2CN(C)CCN2C)C1=O. The summed E-state index contributed by atoms with van der Waals surface area (Å²) in [5.41, 5.74) is 0. The average Bonchev–Trinajstić information content (AvgIpc) is 2.42. The summed E-state index contributed by atoms with van der Waals surface area (Å²) in [7, 11) is 4.20. The molecule has 2 fully saturated rings. The van der Waals surface area contributed by atoms with Crippen LogP contribution in [0.25, 0.3) is 0 Å². The van der Waals surface area contributed by atoms with Crippen molar-refractivity contribution < 1.29 is 9.59 Å². The van der Waals surface area contributed by atoms with Crippen LogP contribution in [0.2, 0.25) is 0 Å². The third-order valence-corrected chi connectivity index (χ3v) is 4.75. The van der Waals surface area contributed by atoms with E-state index in [1.807, 2.05) is 20.8 Å². The van der Waals surface area contributed by atoms with E-state index in [9.17, 15) is 9.59 Å². The lowest BCUT2D eigenvalue weighted by Crippen LogP contribution is -2.66. The molecule has 0 bridgehead atoms. The minimum Gasteiger partial charge on any atom is -0.342 e. The molecule has 6 heteroatoms. The number of hydrogen-bond donors (Lipinski definition) is 1. The van der Waals surface area contributed by atoms with Crippen LogP contribution in [0.4, 0.5) is 0 Å². The van der Waals surface area contributed by atoms with Crippen molar-refractivity contribution in [1.29, 1.82) is 0 Å². The van der Waals surface area contributed by atoms with E-state index in [-0.39, 0.29) is 35.9 Å². The molecule has 3 unspecified atom stereocenters. The second-order valence-electron chi connectivity index (χ2n) is 6.79. The van der Waals surface area contributed by atoms with Crippen LogP contribution in [0, 0.1) is 5.92 Å². The predicted octanol–water partition coefficient (Wildman–Crippen LogP) is -0.396. The van der Waals surface area contributed by atoms with Gasteiger partial charge in [0.2, 0.25) is 11.8 Å². The summed E-state index contributed by atoms with van der Waals surface area (Å²) in [6, 6.07) is -0.484. The quantitative estimate of drug-likeness (QED) is 0.770. The van der Waals surface area contributed by atoms with Gasteiger partial charge in [-0.25, -0.2) is 0 Å². The fraction of sp³-hybridized carbons (Fsp3) is 0.867. The van der Waals surface area contributed by atoms with Crippen LogP contribution in [0.3, 0.4) is 0 Å². The third kappa shape index (κ3) is 3.37. The molecule has 0 radical (unpaired) electrons. The summed E-state index contributed by atoms with van der Waals surface area (Å²) in [6.07, 6.45) is 0. The van der Waals surface area contributed by atoms with Crippen molar-refractivity contribution in [2.24, 2.45) is 5.92 Å². The van der Waals surface area contributed by atoms with Crippen LogP contribution in [-0.4, -0.2) is 84.9 Å². The average molecular weight is 296 g/mol. The molecule has 0 aromatic heterocycles. The van der Waals surface area contributed by atoms with Gasteiger partial charge in [0.15, 0.2) is 0 Å². The number of carbonyl (C=O) groups excluding carboxylic acids is 2. The van der Waals surface area contributed by atoms with Crippen molar-refractivity contribution >= 4 is 11.8 Å². The molecule has 2 aliphatic heterocycles. The maximum atomic E-state index is 12.7. The van der Waals surface area contributed by atoms with Crippen LogP contribution < -0.4 is 5.32 Å². The van der Waals surface area contributed by atoms with E-state index >= 15 is 0 Å². The fourth-order valence-corrected chi connectivity index (χ4v) is 3.07. The van der Waals surface area contributed by atoms with E-state index in [2.05, 4.69) is 29.2 Å². The normalized spacial score (nSPS) is 32.7. The topological polar surface area (TPSA) is 55.9 Å². The Morgan fingerprint density at radius 1 is 1.24 bits per heavy atom. The predicted molar refractivity (Wildman–Crippen MR) is 81.9 cm³/mol. The molecular formula is C15H28N4O2. The first-order valence-electron chi connectivity index (χ1n) is 7.81. The standard InChI is InChI=1S/C15H28N4O2/c1-10(2)13-15(21)19(11(3)14(20)16-13)9-12-8-17(4)6-7-18(12)5/h10-13H,6-9H2,1-5H3,(H,16,20). The second-order valence-corrected chi connectivity index (χ2v) is 6.79. The van der Waals surface area contributed by atoms with Crippen LogP contribution in [0.15, 0.2) is 0 Å². The van der Waals surface area contributed by atoms with E-state index in [0.717, 1.165) is 19.6 Å². The molecule has 21 heavy (non-hydrogen) atoms. The Balaban J connectivity index is 2.11. The lowest BCUT2D eigenvalue weighted by molar-refractivity contribution is -0.151. The molecular weight excluding hydrogens is 268 g/mol.